The number of fused-ring (bicyclic) bond motifs is 1. The van der Waals surface area contributed by atoms with Crippen LogP contribution >= 0.6 is 15.9 Å². The van der Waals surface area contributed by atoms with Crippen LogP contribution in [0, 0.1) is 11.3 Å². The summed E-state index contributed by atoms with van der Waals surface area (Å²) in [7, 11) is 1.62. The van der Waals surface area contributed by atoms with Gasteiger partial charge in [-0.05, 0) is 36.8 Å². The molecule has 30 heavy (non-hydrogen) atoms. The predicted octanol–water partition coefficient (Wildman–Crippen LogP) is 4.81. The normalized spacial score (nSPS) is 15.3. The second kappa shape index (κ2) is 8.25. The summed E-state index contributed by atoms with van der Waals surface area (Å²) in [5.74, 6) is 0.849. The molecule has 2 heterocycles. The van der Waals surface area contributed by atoms with Gasteiger partial charge in [0.1, 0.15) is 17.4 Å². The van der Waals surface area contributed by atoms with Gasteiger partial charge in [-0.1, -0.05) is 47.5 Å². The average Bonchev–Trinajstić information content (AvgIpc) is 3.11. The quantitative estimate of drug-likeness (QED) is 0.584. The van der Waals surface area contributed by atoms with Crippen molar-refractivity contribution in [1.82, 2.24) is 9.78 Å². The smallest absolute Gasteiger partial charge is 0.229 e. The van der Waals surface area contributed by atoms with Gasteiger partial charge < -0.3 is 15.2 Å². The lowest BCUT2D eigenvalue weighted by Crippen LogP contribution is -2.22. The van der Waals surface area contributed by atoms with Crippen LogP contribution in [0.15, 0.2) is 64.5 Å². The van der Waals surface area contributed by atoms with Crippen molar-refractivity contribution in [2.24, 2.45) is 5.73 Å². The molecule has 1 aliphatic heterocycles. The maximum atomic E-state index is 9.95. The van der Waals surface area contributed by atoms with Crippen LogP contribution in [-0.2, 0) is 6.42 Å². The molecule has 152 valence electrons. The number of halogens is 1. The van der Waals surface area contributed by atoms with E-state index < -0.39 is 5.92 Å². The van der Waals surface area contributed by atoms with Crippen molar-refractivity contribution in [3.05, 3.63) is 81.3 Å². The Morgan fingerprint density at radius 3 is 2.70 bits per heavy atom. The number of para-hydroxylation sites is 1. The number of nitrogens with zero attached hydrogens (tertiary/aromatic N) is 3. The van der Waals surface area contributed by atoms with Crippen LogP contribution in [0.25, 0.3) is 5.69 Å². The number of aromatic nitrogens is 2. The Labute approximate surface area is 183 Å². The molecular formula is C23H21BrN4O2. The molecule has 0 spiro atoms. The standard InChI is InChI=1S/C23H21BrN4O2/c1-3-7-18-21-20(16-12-14(24)10-11-19(16)29-2)17(13-25)22(26)30-23(21)28(27-18)15-8-5-4-6-9-15/h4-6,8-12,20H,3,7,26H2,1-2H3. The number of allylic oxidation sites excluding steroid dienone is 1. The highest BCUT2D eigenvalue weighted by Crippen LogP contribution is 2.47. The van der Waals surface area contributed by atoms with E-state index in [2.05, 4.69) is 28.9 Å². The van der Waals surface area contributed by atoms with E-state index in [1.54, 1.807) is 11.8 Å². The Morgan fingerprint density at radius 1 is 1.27 bits per heavy atom. The van der Waals surface area contributed by atoms with Crippen molar-refractivity contribution >= 4 is 15.9 Å². The SMILES string of the molecule is CCCc1nn(-c2ccccc2)c2c1C(c1cc(Br)ccc1OC)C(C#N)=C(N)O2. The number of ether oxygens (including phenoxy) is 2. The highest BCUT2D eigenvalue weighted by molar-refractivity contribution is 9.10. The summed E-state index contributed by atoms with van der Waals surface area (Å²) in [5, 5.41) is 14.8. The lowest BCUT2D eigenvalue weighted by Gasteiger charge is -2.26. The highest BCUT2D eigenvalue weighted by Gasteiger charge is 2.38. The first-order chi connectivity index (χ1) is 14.6. The van der Waals surface area contributed by atoms with Crippen molar-refractivity contribution in [2.45, 2.75) is 25.7 Å². The molecule has 3 aromatic rings. The van der Waals surface area contributed by atoms with Gasteiger partial charge in [0.2, 0.25) is 11.8 Å². The van der Waals surface area contributed by atoms with E-state index in [1.165, 1.54) is 0 Å². The van der Waals surface area contributed by atoms with Crippen molar-refractivity contribution in [3.8, 4) is 23.4 Å². The van der Waals surface area contributed by atoms with E-state index in [-0.39, 0.29) is 5.88 Å². The maximum Gasteiger partial charge on any atom is 0.229 e. The number of hydrogen-bond acceptors (Lipinski definition) is 5. The second-order valence-corrected chi connectivity index (χ2v) is 7.89. The predicted molar refractivity (Wildman–Crippen MR) is 118 cm³/mol. The van der Waals surface area contributed by atoms with E-state index in [0.717, 1.165) is 39.8 Å². The van der Waals surface area contributed by atoms with Crippen LogP contribution < -0.4 is 15.2 Å². The van der Waals surface area contributed by atoms with Crippen LogP contribution in [0.4, 0.5) is 0 Å². The molecule has 0 radical (unpaired) electrons. The fourth-order valence-corrected chi connectivity index (χ4v) is 4.20. The zero-order valence-corrected chi connectivity index (χ0v) is 18.3. The molecule has 0 aliphatic carbocycles. The van der Waals surface area contributed by atoms with E-state index in [4.69, 9.17) is 20.3 Å². The molecule has 0 amide bonds. The van der Waals surface area contributed by atoms with Gasteiger partial charge in [0.05, 0.1) is 30.0 Å². The number of benzene rings is 2. The van der Waals surface area contributed by atoms with Gasteiger partial charge in [-0.15, -0.1) is 0 Å². The Morgan fingerprint density at radius 2 is 2.03 bits per heavy atom. The number of aryl methyl sites for hydroxylation is 1. The highest BCUT2D eigenvalue weighted by atomic mass is 79.9. The molecule has 0 saturated carbocycles. The third-order valence-corrected chi connectivity index (χ3v) is 5.61. The first kappa shape index (κ1) is 20.0. The molecule has 4 rings (SSSR count). The van der Waals surface area contributed by atoms with Crippen LogP contribution in [0.2, 0.25) is 0 Å². The minimum absolute atomic E-state index is 0.0807. The molecule has 1 atom stereocenters. The van der Waals surface area contributed by atoms with Crippen LogP contribution in [0.5, 0.6) is 11.6 Å². The maximum absolute atomic E-state index is 9.95. The van der Waals surface area contributed by atoms with E-state index >= 15 is 0 Å². The first-order valence-electron chi connectivity index (χ1n) is 9.67. The average molecular weight is 465 g/mol. The molecule has 1 aromatic heterocycles. The third kappa shape index (κ3) is 3.33. The number of nitriles is 1. The summed E-state index contributed by atoms with van der Waals surface area (Å²) in [6.45, 7) is 2.10. The van der Waals surface area contributed by atoms with Crippen molar-refractivity contribution in [3.63, 3.8) is 0 Å². The number of rotatable bonds is 5. The lowest BCUT2D eigenvalue weighted by molar-refractivity contribution is 0.364. The fraction of sp³-hybridized carbons (Fsp3) is 0.217. The molecule has 0 fully saturated rings. The minimum atomic E-state index is -0.440. The summed E-state index contributed by atoms with van der Waals surface area (Å²) in [6.07, 6.45) is 1.65. The van der Waals surface area contributed by atoms with Gasteiger partial charge in [0, 0.05) is 10.0 Å². The van der Waals surface area contributed by atoms with Gasteiger partial charge in [-0.3, -0.25) is 0 Å². The van der Waals surface area contributed by atoms with Gasteiger partial charge in [-0.2, -0.15) is 10.4 Å². The van der Waals surface area contributed by atoms with E-state index in [0.29, 0.717) is 17.2 Å². The van der Waals surface area contributed by atoms with Gasteiger partial charge in [-0.25, -0.2) is 4.68 Å². The van der Waals surface area contributed by atoms with Crippen molar-refractivity contribution in [2.75, 3.05) is 7.11 Å². The van der Waals surface area contributed by atoms with Crippen LogP contribution in [0.3, 0.4) is 0 Å². The molecule has 6 nitrogen and oxygen atoms in total. The molecule has 0 saturated heterocycles. The Balaban J connectivity index is 2.03. The van der Waals surface area contributed by atoms with Gasteiger partial charge in [0.15, 0.2) is 0 Å². The summed E-state index contributed by atoms with van der Waals surface area (Å²) in [5.41, 5.74) is 10.0. The van der Waals surface area contributed by atoms with Crippen LogP contribution in [-0.4, -0.2) is 16.9 Å². The molecule has 7 heteroatoms. The Kier molecular flexibility index (Phi) is 5.51. The molecular weight excluding hydrogens is 444 g/mol. The minimum Gasteiger partial charge on any atom is -0.496 e. The van der Waals surface area contributed by atoms with Crippen molar-refractivity contribution in [1.29, 1.82) is 5.26 Å². The third-order valence-electron chi connectivity index (χ3n) is 5.11. The summed E-state index contributed by atoms with van der Waals surface area (Å²) in [6, 6.07) is 17.7. The molecule has 0 bridgehead atoms. The first-order valence-corrected chi connectivity index (χ1v) is 10.5. The number of methoxy groups -OCH3 is 1. The van der Waals surface area contributed by atoms with E-state index in [1.807, 2.05) is 48.5 Å². The van der Waals surface area contributed by atoms with Crippen LogP contribution in [0.1, 0.15) is 36.1 Å². The fourth-order valence-electron chi connectivity index (χ4n) is 3.82. The topological polar surface area (TPSA) is 86.1 Å². The van der Waals surface area contributed by atoms with Crippen molar-refractivity contribution < 1.29 is 9.47 Å². The Bertz CT molecular complexity index is 1160. The molecule has 1 aliphatic rings. The largest absolute Gasteiger partial charge is 0.496 e. The Hall–Kier alpha value is -3.24. The monoisotopic (exact) mass is 464 g/mol. The molecule has 2 aromatic carbocycles. The zero-order valence-electron chi connectivity index (χ0n) is 16.7. The zero-order chi connectivity index (χ0) is 21.3. The second-order valence-electron chi connectivity index (χ2n) is 6.97. The summed E-state index contributed by atoms with van der Waals surface area (Å²) in [4.78, 5) is 0. The molecule has 2 N–H and O–H groups in total. The number of hydrogen-bond donors (Lipinski definition) is 1. The van der Waals surface area contributed by atoms with Gasteiger partial charge >= 0.3 is 0 Å². The lowest BCUT2D eigenvalue weighted by atomic mass is 9.83. The summed E-state index contributed by atoms with van der Waals surface area (Å²) < 4.78 is 14.3. The van der Waals surface area contributed by atoms with Gasteiger partial charge in [0.25, 0.3) is 0 Å². The molecule has 1 unspecified atom stereocenters. The van der Waals surface area contributed by atoms with E-state index in [9.17, 15) is 5.26 Å². The summed E-state index contributed by atoms with van der Waals surface area (Å²) >= 11 is 3.54. The number of nitrogens with two attached hydrogens (primary N) is 1.